The van der Waals surface area contributed by atoms with Gasteiger partial charge in [-0.3, -0.25) is 5.10 Å². The minimum absolute atomic E-state index is 0.328. The maximum Gasteiger partial charge on any atom is 0.123 e. The van der Waals surface area contributed by atoms with Crippen LogP contribution >= 0.6 is 0 Å². The summed E-state index contributed by atoms with van der Waals surface area (Å²) < 4.78 is 12.0. The quantitative estimate of drug-likeness (QED) is 0.883. The van der Waals surface area contributed by atoms with Crippen LogP contribution in [0, 0.1) is 6.92 Å². The fraction of sp³-hybridized carbons (Fsp3) is 0.632. The molecular formula is C19H27N3O2. The molecule has 2 N–H and O–H groups in total. The van der Waals surface area contributed by atoms with Crippen molar-refractivity contribution < 1.29 is 9.47 Å². The van der Waals surface area contributed by atoms with Gasteiger partial charge in [-0.15, -0.1) is 0 Å². The third-order valence-electron chi connectivity index (χ3n) is 5.47. The van der Waals surface area contributed by atoms with Crippen LogP contribution in [0.15, 0.2) is 18.3 Å². The molecule has 2 aromatic rings. The highest BCUT2D eigenvalue weighted by molar-refractivity contribution is 5.83. The number of aromatic amines is 1. The van der Waals surface area contributed by atoms with E-state index in [0.717, 1.165) is 42.6 Å². The summed E-state index contributed by atoms with van der Waals surface area (Å²) in [5.41, 5.74) is 2.25. The lowest BCUT2D eigenvalue weighted by molar-refractivity contribution is 0.0985. The highest BCUT2D eigenvalue weighted by Gasteiger charge is 2.24. The highest BCUT2D eigenvalue weighted by Crippen LogP contribution is 2.30. The summed E-state index contributed by atoms with van der Waals surface area (Å²) in [7, 11) is 0. The predicted octanol–water partition coefficient (Wildman–Crippen LogP) is 3.33. The number of aryl methyl sites for hydroxylation is 1. The fourth-order valence-corrected chi connectivity index (χ4v) is 3.93. The molecule has 1 aromatic carbocycles. The summed E-state index contributed by atoms with van der Waals surface area (Å²) in [4.78, 5) is 0. The lowest BCUT2D eigenvalue weighted by Gasteiger charge is -2.30. The first-order valence-corrected chi connectivity index (χ1v) is 9.24. The van der Waals surface area contributed by atoms with Crippen LogP contribution < -0.4 is 10.1 Å². The molecule has 2 aliphatic rings. The van der Waals surface area contributed by atoms with Crippen molar-refractivity contribution in [2.24, 2.45) is 0 Å². The monoisotopic (exact) mass is 329 g/mol. The minimum Gasteiger partial charge on any atom is -0.490 e. The molecule has 2 heterocycles. The van der Waals surface area contributed by atoms with Gasteiger partial charge in [0.25, 0.3) is 0 Å². The molecule has 2 fully saturated rings. The van der Waals surface area contributed by atoms with E-state index in [2.05, 4.69) is 34.6 Å². The molecule has 5 heteroatoms. The van der Waals surface area contributed by atoms with Crippen molar-refractivity contribution >= 4 is 10.9 Å². The lowest BCUT2D eigenvalue weighted by atomic mass is 9.92. The first-order valence-electron chi connectivity index (χ1n) is 9.24. The Hall–Kier alpha value is -1.59. The molecule has 1 aliphatic carbocycles. The minimum atomic E-state index is 0.328. The zero-order chi connectivity index (χ0) is 16.4. The first-order chi connectivity index (χ1) is 11.8. The highest BCUT2D eigenvalue weighted by atomic mass is 16.5. The molecule has 1 saturated heterocycles. The average molecular weight is 329 g/mol. The van der Waals surface area contributed by atoms with E-state index in [-0.39, 0.29) is 0 Å². The van der Waals surface area contributed by atoms with Crippen molar-refractivity contribution in [2.45, 2.75) is 63.7 Å². The van der Waals surface area contributed by atoms with Gasteiger partial charge in [-0.2, -0.15) is 5.10 Å². The summed E-state index contributed by atoms with van der Waals surface area (Å²) in [5.74, 6) is 1.000. The third kappa shape index (κ3) is 3.42. The maximum atomic E-state index is 6.30. The Morgan fingerprint density at radius 2 is 2.12 bits per heavy atom. The van der Waals surface area contributed by atoms with Gasteiger partial charge < -0.3 is 14.8 Å². The molecular weight excluding hydrogens is 302 g/mol. The molecule has 24 heavy (non-hydrogen) atoms. The Labute approximate surface area is 143 Å². The number of nitrogens with one attached hydrogen (secondary N) is 2. The second kappa shape index (κ2) is 7.11. The number of hydrogen-bond donors (Lipinski definition) is 2. The zero-order valence-corrected chi connectivity index (χ0v) is 14.4. The smallest absolute Gasteiger partial charge is 0.123 e. The Bertz CT molecular complexity index is 670. The van der Waals surface area contributed by atoms with Gasteiger partial charge in [-0.25, -0.2) is 0 Å². The van der Waals surface area contributed by atoms with Gasteiger partial charge in [0, 0.05) is 30.1 Å². The summed E-state index contributed by atoms with van der Waals surface area (Å²) in [6.45, 7) is 4.06. The third-order valence-corrected chi connectivity index (χ3v) is 5.47. The van der Waals surface area contributed by atoms with Gasteiger partial charge in [-0.1, -0.05) is 0 Å². The topological polar surface area (TPSA) is 59.2 Å². The van der Waals surface area contributed by atoms with Crippen LogP contribution in [0.2, 0.25) is 0 Å². The number of ether oxygens (including phenoxy) is 2. The molecule has 1 unspecified atom stereocenters. The van der Waals surface area contributed by atoms with Crippen molar-refractivity contribution in [1.29, 1.82) is 0 Å². The van der Waals surface area contributed by atoms with E-state index in [1.807, 2.05) is 6.20 Å². The predicted molar refractivity (Wildman–Crippen MR) is 94.5 cm³/mol. The van der Waals surface area contributed by atoms with Gasteiger partial charge in [0.05, 0.1) is 23.9 Å². The second-order valence-electron chi connectivity index (χ2n) is 7.15. The van der Waals surface area contributed by atoms with E-state index in [1.165, 1.54) is 31.2 Å². The van der Waals surface area contributed by atoms with Crippen molar-refractivity contribution in [3.05, 3.63) is 23.9 Å². The van der Waals surface area contributed by atoms with E-state index in [9.17, 15) is 0 Å². The van der Waals surface area contributed by atoms with Gasteiger partial charge in [0.1, 0.15) is 5.75 Å². The largest absolute Gasteiger partial charge is 0.490 e. The normalized spacial score (nSPS) is 27.6. The fourth-order valence-electron chi connectivity index (χ4n) is 3.93. The van der Waals surface area contributed by atoms with Crippen LogP contribution in [0.1, 0.15) is 44.1 Å². The van der Waals surface area contributed by atoms with Crippen LogP contribution in [0.5, 0.6) is 5.75 Å². The molecule has 1 aliphatic heterocycles. The molecule has 0 radical (unpaired) electrons. The Balaban J connectivity index is 1.28. The Kier molecular flexibility index (Phi) is 4.72. The molecule has 4 rings (SSSR count). The van der Waals surface area contributed by atoms with Gasteiger partial charge in [0.15, 0.2) is 0 Å². The van der Waals surface area contributed by atoms with Crippen LogP contribution in [0.3, 0.4) is 0 Å². The van der Waals surface area contributed by atoms with Gasteiger partial charge in [0.2, 0.25) is 0 Å². The number of rotatable bonds is 5. The number of nitrogens with zero attached hydrogens (tertiary/aromatic N) is 1. The van der Waals surface area contributed by atoms with Crippen molar-refractivity contribution in [3.63, 3.8) is 0 Å². The van der Waals surface area contributed by atoms with Gasteiger partial charge in [-0.05, 0) is 57.6 Å². The number of hydrogen-bond acceptors (Lipinski definition) is 4. The van der Waals surface area contributed by atoms with Crippen LogP contribution in [-0.2, 0) is 4.74 Å². The lowest BCUT2D eigenvalue weighted by Crippen LogP contribution is -2.39. The molecule has 130 valence electrons. The van der Waals surface area contributed by atoms with E-state index in [1.54, 1.807) is 0 Å². The van der Waals surface area contributed by atoms with E-state index in [4.69, 9.17) is 9.47 Å². The molecule has 0 spiro atoms. The molecule has 1 saturated carbocycles. The number of aromatic nitrogens is 2. The van der Waals surface area contributed by atoms with E-state index in [0.29, 0.717) is 18.2 Å². The van der Waals surface area contributed by atoms with Crippen LogP contribution in [0.4, 0.5) is 0 Å². The summed E-state index contributed by atoms with van der Waals surface area (Å²) in [6.07, 6.45) is 9.67. The summed E-state index contributed by atoms with van der Waals surface area (Å²) in [6, 6.07) is 4.74. The van der Waals surface area contributed by atoms with Crippen LogP contribution in [0.25, 0.3) is 10.9 Å². The zero-order valence-electron chi connectivity index (χ0n) is 14.4. The Morgan fingerprint density at radius 3 is 2.92 bits per heavy atom. The summed E-state index contributed by atoms with van der Waals surface area (Å²) >= 11 is 0. The second-order valence-corrected chi connectivity index (χ2v) is 7.15. The molecule has 1 aromatic heterocycles. The van der Waals surface area contributed by atoms with Crippen LogP contribution in [-0.4, -0.2) is 41.6 Å². The van der Waals surface area contributed by atoms with Crippen molar-refractivity contribution in [2.75, 3.05) is 13.2 Å². The molecule has 5 nitrogen and oxygen atoms in total. The molecule has 1 atom stereocenters. The first kappa shape index (κ1) is 15.9. The number of H-pyrrole nitrogens is 1. The summed E-state index contributed by atoms with van der Waals surface area (Å²) in [5, 5.41) is 12.0. The molecule has 0 amide bonds. The number of fused-ring (bicyclic) bond motifs is 1. The number of benzene rings is 1. The van der Waals surface area contributed by atoms with Gasteiger partial charge >= 0.3 is 0 Å². The van der Waals surface area contributed by atoms with E-state index >= 15 is 0 Å². The Morgan fingerprint density at radius 1 is 1.25 bits per heavy atom. The molecule has 0 bridgehead atoms. The van der Waals surface area contributed by atoms with E-state index < -0.39 is 0 Å². The van der Waals surface area contributed by atoms with Crippen molar-refractivity contribution in [3.8, 4) is 5.75 Å². The standard InChI is InChI=1S/C19H27N3O2/c1-13-17-12-21-22-18(17)8-9-19(13)24-15-6-4-14(5-7-15)20-11-16-3-2-10-23-16/h8-9,12,14-16,20H,2-7,10-11H2,1H3,(H,21,22). The average Bonchev–Trinajstić information content (AvgIpc) is 3.28. The maximum absolute atomic E-state index is 6.30. The SMILES string of the molecule is Cc1c(OC2CCC(NCC3CCCO3)CC2)ccc2[nH]ncc12. The van der Waals surface area contributed by atoms with Crippen molar-refractivity contribution in [1.82, 2.24) is 15.5 Å².